The molecule has 1 aliphatic rings. The first-order valence-corrected chi connectivity index (χ1v) is 8.36. The van der Waals surface area contributed by atoms with Crippen molar-refractivity contribution >= 4 is 17.3 Å². The summed E-state index contributed by atoms with van der Waals surface area (Å²) in [7, 11) is 3.11. The lowest BCUT2D eigenvalue weighted by Crippen LogP contribution is -2.19. The Hall–Kier alpha value is -3.08. The fourth-order valence-corrected chi connectivity index (χ4v) is 3.36. The summed E-state index contributed by atoms with van der Waals surface area (Å²) >= 11 is 0. The number of benzene rings is 2. The van der Waals surface area contributed by atoms with Crippen LogP contribution in [0.2, 0.25) is 0 Å². The van der Waals surface area contributed by atoms with E-state index < -0.39 is 11.9 Å². The number of carboxylic acids is 1. The van der Waals surface area contributed by atoms with Crippen molar-refractivity contribution in [3.8, 4) is 11.5 Å². The van der Waals surface area contributed by atoms with Crippen LogP contribution < -0.4 is 9.47 Å². The van der Waals surface area contributed by atoms with Crippen LogP contribution in [0.3, 0.4) is 0 Å². The highest BCUT2D eigenvalue weighted by Crippen LogP contribution is 2.42. The lowest BCUT2D eigenvalue weighted by Gasteiger charge is -2.14. The summed E-state index contributed by atoms with van der Waals surface area (Å²) in [6.07, 6.45) is 0.335. The molecule has 2 aromatic carbocycles. The average Bonchev–Trinajstić information content (AvgIpc) is 2.94. The summed E-state index contributed by atoms with van der Waals surface area (Å²) in [5.41, 5.74) is 3.00. The summed E-state index contributed by atoms with van der Waals surface area (Å²) in [5, 5.41) is 9.65. The van der Waals surface area contributed by atoms with Crippen molar-refractivity contribution in [1.82, 2.24) is 0 Å². The molecule has 1 N–H and O–H groups in total. The van der Waals surface area contributed by atoms with Gasteiger partial charge in [0.05, 0.1) is 20.1 Å². The van der Waals surface area contributed by atoms with Gasteiger partial charge in [0.2, 0.25) is 0 Å². The normalized spacial score (nSPS) is 14.2. The fraction of sp³-hybridized carbons (Fsp3) is 0.238. The predicted octanol–water partition coefficient (Wildman–Crippen LogP) is 3.81. The third-order valence-corrected chi connectivity index (χ3v) is 4.69. The van der Waals surface area contributed by atoms with E-state index in [1.54, 1.807) is 38.3 Å². The predicted molar refractivity (Wildman–Crippen MR) is 97.8 cm³/mol. The van der Waals surface area contributed by atoms with Gasteiger partial charge in [-0.05, 0) is 53.5 Å². The maximum absolute atomic E-state index is 13.1. The van der Waals surface area contributed by atoms with E-state index in [0.29, 0.717) is 34.6 Å². The maximum atomic E-state index is 13.1. The van der Waals surface area contributed by atoms with Gasteiger partial charge in [0.15, 0.2) is 5.78 Å². The van der Waals surface area contributed by atoms with Gasteiger partial charge in [-0.2, -0.15) is 0 Å². The Morgan fingerprint density at radius 1 is 1.00 bits per heavy atom. The number of rotatable bonds is 6. The highest BCUT2D eigenvalue weighted by atomic mass is 16.5. The zero-order chi connectivity index (χ0) is 18.8. The molecule has 0 aromatic heterocycles. The maximum Gasteiger partial charge on any atom is 0.311 e. The van der Waals surface area contributed by atoms with E-state index in [-0.39, 0.29) is 5.78 Å². The van der Waals surface area contributed by atoms with Gasteiger partial charge >= 0.3 is 5.97 Å². The highest BCUT2D eigenvalue weighted by Gasteiger charge is 2.37. The van der Waals surface area contributed by atoms with Gasteiger partial charge in [-0.25, -0.2) is 0 Å². The Bertz CT molecular complexity index is 893. The summed E-state index contributed by atoms with van der Waals surface area (Å²) in [4.78, 5) is 24.9. The van der Waals surface area contributed by atoms with Crippen LogP contribution in [0.15, 0.2) is 48.0 Å². The number of carbonyl (C=O) groups is 2. The lowest BCUT2D eigenvalue weighted by atomic mass is 9.88. The van der Waals surface area contributed by atoms with Crippen LogP contribution in [0.4, 0.5) is 0 Å². The van der Waals surface area contributed by atoms with Crippen LogP contribution in [0.5, 0.6) is 11.5 Å². The van der Waals surface area contributed by atoms with E-state index in [1.807, 2.05) is 18.2 Å². The molecule has 26 heavy (non-hydrogen) atoms. The smallest absolute Gasteiger partial charge is 0.311 e. The van der Waals surface area contributed by atoms with Crippen molar-refractivity contribution in [3.05, 3.63) is 64.7 Å². The molecule has 0 radical (unpaired) electrons. The molecule has 5 heteroatoms. The van der Waals surface area contributed by atoms with Crippen molar-refractivity contribution in [1.29, 1.82) is 0 Å². The molecule has 0 amide bonds. The third kappa shape index (κ3) is 2.86. The lowest BCUT2D eigenvalue weighted by molar-refractivity contribution is -0.140. The Morgan fingerprint density at radius 2 is 1.62 bits per heavy atom. The van der Waals surface area contributed by atoms with Crippen molar-refractivity contribution in [2.24, 2.45) is 5.92 Å². The number of hydrogen-bond donors (Lipinski definition) is 1. The van der Waals surface area contributed by atoms with Crippen molar-refractivity contribution in [2.75, 3.05) is 14.2 Å². The number of carbonyl (C=O) groups excluding carboxylic acids is 1. The number of fused-ring (bicyclic) bond motifs is 1. The van der Waals surface area contributed by atoms with Crippen LogP contribution in [-0.2, 0) is 4.79 Å². The van der Waals surface area contributed by atoms with Crippen LogP contribution in [-0.4, -0.2) is 31.1 Å². The molecule has 3 rings (SSSR count). The minimum Gasteiger partial charge on any atom is -0.497 e. The van der Waals surface area contributed by atoms with Crippen LogP contribution in [0.25, 0.3) is 5.57 Å². The number of carboxylic acid groups (broad SMARTS) is 1. The van der Waals surface area contributed by atoms with E-state index >= 15 is 0 Å². The van der Waals surface area contributed by atoms with Gasteiger partial charge in [-0.1, -0.05) is 19.1 Å². The largest absolute Gasteiger partial charge is 0.497 e. The molecule has 1 unspecified atom stereocenters. The van der Waals surface area contributed by atoms with Crippen LogP contribution >= 0.6 is 0 Å². The van der Waals surface area contributed by atoms with Crippen LogP contribution in [0, 0.1) is 5.92 Å². The first kappa shape index (κ1) is 17.7. The number of methoxy groups -OCH3 is 2. The van der Waals surface area contributed by atoms with Gasteiger partial charge in [-0.3, -0.25) is 9.59 Å². The highest BCUT2D eigenvalue weighted by molar-refractivity contribution is 6.24. The van der Waals surface area contributed by atoms with Crippen molar-refractivity contribution < 1.29 is 24.2 Å². The molecule has 0 spiro atoms. The molecule has 1 aliphatic carbocycles. The molecule has 0 saturated carbocycles. The van der Waals surface area contributed by atoms with Gasteiger partial charge < -0.3 is 14.6 Å². The molecule has 134 valence electrons. The number of ether oxygens (including phenoxy) is 2. The molecule has 0 fully saturated rings. The molecule has 0 saturated heterocycles. The monoisotopic (exact) mass is 352 g/mol. The third-order valence-electron chi connectivity index (χ3n) is 4.69. The number of aliphatic carboxylic acids is 1. The Labute approximate surface area is 151 Å². The zero-order valence-corrected chi connectivity index (χ0v) is 14.9. The summed E-state index contributed by atoms with van der Waals surface area (Å²) in [6, 6.07) is 12.5. The second kappa shape index (κ2) is 7.04. The van der Waals surface area contributed by atoms with E-state index in [1.165, 1.54) is 7.11 Å². The topological polar surface area (TPSA) is 72.8 Å². The molecule has 5 nitrogen and oxygen atoms in total. The van der Waals surface area contributed by atoms with Crippen LogP contribution in [0.1, 0.15) is 34.8 Å². The fourth-order valence-electron chi connectivity index (χ4n) is 3.36. The first-order chi connectivity index (χ1) is 12.5. The van der Waals surface area contributed by atoms with E-state index in [2.05, 4.69) is 0 Å². The number of ketones is 1. The van der Waals surface area contributed by atoms with Crippen molar-refractivity contribution in [3.63, 3.8) is 0 Å². The van der Waals surface area contributed by atoms with E-state index in [4.69, 9.17) is 9.47 Å². The molecular weight excluding hydrogens is 332 g/mol. The first-order valence-electron chi connectivity index (χ1n) is 8.36. The second-order valence-electron chi connectivity index (χ2n) is 6.06. The Morgan fingerprint density at radius 3 is 2.15 bits per heavy atom. The molecule has 0 aliphatic heterocycles. The van der Waals surface area contributed by atoms with Gasteiger partial charge in [0, 0.05) is 11.1 Å². The van der Waals surface area contributed by atoms with E-state index in [9.17, 15) is 14.7 Å². The van der Waals surface area contributed by atoms with Gasteiger partial charge in [0.1, 0.15) is 11.5 Å². The zero-order valence-electron chi connectivity index (χ0n) is 14.9. The molecular formula is C21H20O5. The van der Waals surface area contributed by atoms with Gasteiger partial charge in [-0.15, -0.1) is 0 Å². The second-order valence-corrected chi connectivity index (χ2v) is 6.06. The average molecular weight is 352 g/mol. The molecule has 1 atom stereocenters. The van der Waals surface area contributed by atoms with E-state index in [0.717, 1.165) is 11.1 Å². The number of Topliss-reactive ketones (excluding diaryl/α,β-unsaturated/α-hetero) is 1. The number of hydrogen-bond acceptors (Lipinski definition) is 4. The molecule has 2 aromatic rings. The quantitative estimate of drug-likeness (QED) is 0.856. The minimum absolute atomic E-state index is 0.251. The summed E-state index contributed by atoms with van der Waals surface area (Å²) in [5.74, 6) is -0.852. The van der Waals surface area contributed by atoms with Gasteiger partial charge in [0.25, 0.3) is 0 Å². The molecule has 0 bridgehead atoms. The Balaban J connectivity index is 2.25. The Kier molecular flexibility index (Phi) is 4.80. The minimum atomic E-state index is -0.998. The summed E-state index contributed by atoms with van der Waals surface area (Å²) in [6.45, 7) is 1.77. The summed E-state index contributed by atoms with van der Waals surface area (Å²) < 4.78 is 10.4. The standard InChI is InChI=1S/C21H20O5/c1-4-15(21(23)24)19-18(12-5-7-13(25-2)8-6-12)16-10-9-14(26-3)11-17(16)20(19)22/h5-11,15H,4H2,1-3H3,(H,23,24). The molecule has 0 heterocycles. The SMILES string of the molecule is CCC(C(=O)O)C1=C(c2ccc(OC)cc2)c2ccc(OC)cc2C1=O. The van der Waals surface area contributed by atoms with Crippen molar-refractivity contribution in [2.45, 2.75) is 13.3 Å².